The highest BCUT2D eigenvalue weighted by atomic mass is 16.2. The Morgan fingerprint density at radius 1 is 1.58 bits per heavy atom. The fourth-order valence-corrected chi connectivity index (χ4v) is 1.05. The van der Waals surface area contributed by atoms with Gasteiger partial charge in [0.25, 0.3) is 0 Å². The van der Waals surface area contributed by atoms with Crippen LogP contribution >= 0.6 is 0 Å². The maximum Gasteiger partial charge on any atom is 0.347 e. The van der Waals surface area contributed by atoms with Gasteiger partial charge >= 0.3 is 5.69 Å². The number of anilines is 1. The summed E-state index contributed by atoms with van der Waals surface area (Å²) in [5, 5.41) is 3.81. The van der Waals surface area contributed by atoms with E-state index in [2.05, 4.69) is 12.0 Å². The normalized spacial score (nSPS) is 10.5. The van der Waals surface area contributed by atoms with Gasteiger partial charge in [-0.25, -0.2) is 9.48 Å². The van der Waals surface area contributed by atoms with E-state index < -0.39 is 0 Å². The van der Waals surface area contributed by atoms with Crippen molar-refractivity contribution < 1.29 is 0 Å². The maximum absolute atomic E-state index is 11.3. The van der Waals surface area contributed by atoms with Gasteiger partial charge in [0.05, 0.1) is 0 Å². The van der Waals surface area contributed by atoms with Gasteiger partial charge in [0, 0.05) is 13.6 Å². The molecule has 1 rings (SSSR count). The molecular weight excluding hydrogens is 156 g/mol. The fraction of sp³-hybridized carbons (Fsp3) is 0.714. The van der Waals surface area contributed by atoms with Crippen molar-refractivity contribution in [3.8, 4) is 0 Å². The SMILES string of the molecule is CCCCn1c(N)nn(C)c1=O. The Bertz CT molecular complexity index is 312. The first-order valence-electron chi connectivity index (χ1n) is 4.06. The van der Waals surface area contributed by atoms with Crippen molar-refractivity contribution in [2.75, 3.05) is 5.73 Å². The Hall–Kier alpha value is -1.26. The highest BCUT2D eigenvalue weighted by molar-refractivity contribution is 5.13. The maximum atomic E-state index is 11.3. The van der Waals surface area contributed by atoms with Crippen LogP contribution in [0.25, 0.3) is 0 Å². The van der Waals surface area contributed by atoms with Gasteiger partial charge in [0.2, 0.25) is 5.95 Å². The smallest absolute Gasteiger partial charge is 0.347 e. The molecule has 0 atom stereocenters. The summed E-state index contributed by atoms with van der Waals surface area (Å²) in [6.07, 6.45) is 2.00. The van der Waals surface area contributed by atoms with Crippen LogP contribution in [0.4, 0.5) is 5.95 Å². The largest absolute Gasteiger partial charge is 0.368 e. The topological polar surface area (TPSA) is 65.8 Å². The highest BCUT2D eigenvalue weighted by Gasteiger charge is 2.05. The summed E-state index contributed by atoms with van der Waals surface area (Å²) in [5.74, 6) is 0.302. The molecule has 0 saturated heterocycles. The van der Waals surface area contributed by atoms with E-state index in [9.17, 15) is 4.79 Å². The Morgan fingerprint density at radius 3 is 2.67 bits per heavy atom. The lowest BCUT2D eigenvalue weighted by atomic mass is 10.3. The number of unbranched alkanes of at least 4 members (excludes halogenated alkanes) is 1. The van der Waals surface area contributed by atoms with Crippen LogP contribution in [0.15, 0.2) is 4.79 Å². The first-order valence-corrected chi connectivity index (χ1v) is 4.06. The number of nitrogens with zero attached hydrogens (tertiary/aromatic N) is 3. The first-order chi connectivity index (χ1) is 5.66. The Morgan fingerprint density at radius 2 is 2.25 bits per heavy atom. The molecule has 0 aliphatic rings. The van der Waals surface area contributed by atoms with Crippen molar-refractivity contribution >= 4 is 5.95 Å². The molecule has 2 N–H and O–H groups in total. The third-order valence-electron chi connectivity index (χ3n) is 1.77. The van der Waals surface area contributed by atoms with Gasteiger partial charge in [-0.2, -0.15) is 0 Å². The summed E-state index contributed by atoms with van der Waals surface area (Å²) in [6.45, 7) is 2.73. The highest BCUT2D eigenvalue weighted by Crippen LogP contribution is 1.96. The molecule has 0 aliphatic heterocycles. The van der Waals surface area contributed by atoms with E-state index in [1.807, 2.05) is 0 Å². The Labute approximate surface area is 70.8 Å². The molecule has 0 spiro atoms. The van der Waals surface area contributed by atoms with E-state index in [0.29, 0.717) is 12.5 Å². The standard InChI is InChI=1S/C7H14N4O/c1-3-4-5-11-6(8)9-10(2)7(11)12/h3-5H2,1-2H3,(H2,8,9). The molecule has 0 amide bonds. The van der Waals surface area contributed by atoms with E-state index in [4.69, 9.17) is 5.73 Å². The molecule has 12 heavy (non-hydrogen) atoms. The molecular formula is C7H14N4O. The van der Waals surface area contributed by atoms with Crippen LogP contribution in [0.3, 0.4) is 0 Å². The molecule has 0 bridgehead atoms. The summed E-state index contributed by atoms with van der Waals surface area (Å²) < 4.78 is 2.74. The molecule has 0 aromatic carbocycles. The van der Waals surface area contributed by atoms with Gasteiger partial charge in [-0.3, -0.25) is 4.57 Å². The lowest BCUT2D eigenvalue weighted by molar-refractivity contribution is 0.604. The first kappa shape index (κ1) is 8.83. The van der Waals surface area contributed by atoms with Gasteiger partial charge in [-0.05, 0) is 6.42 Å². The van der Waals surface area contributed by atoms with Crippen molar-refractivity contribution in [1.82, 2.24) is 14.3 Å². The van der Waals surface area contributed by atoms with Gasteiger partial charge in [-0.15, -0.1) is 5.10 Å². The number of hydrogen-bond acceptors (Lipinski definition) is 3. The fourth-order valence-electron chi connectivity index (χ4n) is 1.05. The predicted molar refractivity (Wildman–Crippen MR) is 46.8 cm³/mol. The summed E-state index contributed by atoms with van der Waals surface area (Å²) in [7, 11) is 1.60. The third kappa shape index (κ3) is 1.49. The van der Waals surface area contributed by atoms with E-state index in [0.717, 1.165) is 12.8 Å². The van der Waals surface area contributed by atoms with Crippen LogP contribution in [-0.2, 0) is 13.6 Å². The minimum atomic E-state index is -0.138. The lowest BCUT2D eigenvalue weighted by Gasteiger charge is -1.98. The molecule has 0 unspecified atom stereocenters. The van der Waals surface area contributed by atoms with Crippen LogP contribution in [0.2, 0.25) is 0 Å². The van der Waals surface area contributed by atoms with Gasteiger partial charge in [0.1, 0.15) is 0 Å². The molecule has 68 valence electrons. The second-order valence-electron chi connectivity index (χ2n) is 2.77. The van der Waals surface area contributed by atoms with Gasteiger partial charge in [-0.1, -0.05) is 13.3 Å². The number of aromatic nitrogens is 3. The molecule has 0 saturated carbocycles. The average Bonchev–Trinajstić information content (AvgIpc) is 2.25. The number of hydrogen-bond donors (Lipinski definition) is 1. The number of nitrogens with two attached hydrogens (primary N) is 1. The lowest BCUT2D eigenvalue weighted by Crippen LogP contribution is -2.23. The minimum absolute atomic E-state index is 0.138. The average molecular weight is 170 g/mol. The van der Waals surface area contributed by atoms with Crippen molar-refractivity contribution in [3.05, 3.63) is 10.5 Å². The Balaban J connectivity index is 2.90. The molecule has 0 aliphatic carbocycles. The van der Waals surface area contributed by atoms with Crippen molar-refractivity contribution in [3.63, 3.8) is 0 Å². The zero-order valence-electron chi connectivity index (χ0n) is 7.45. The quantitative estimate of drug-likeness (QED) is 0.692. The van der Waals surface area contributed by atoms with Crippen LogP contribution in [-0.4, -0.2) is 14.3 Å². The molecule has 1 aromatic rings. The van der Waals surface area contributed by atoms with Gasteiger partial charge in [0.15, 0.2) is 0 Å². The van der Waals surface area contributed by atoms with Gasteiger partial charge < -0.3 is 5.73 Å². The summed E-state index contributed by atoms with van der Waals surface area (Å²) >= 11 is 0. The van der Waals surface area contributed by atoms with E-state index in [-0.39, 0.29) is 5.69 Å². The molecule has 1 aromatic heterocycles. The zero-order chi connectivity index (χ0) is 9.14. The van der Waals surface area contributed by atoms with Crippen molar-refractivity contribution in [1.29, 1.82) is 0 Å². The van der Waals surface area contributed by atoms with E-state index >= 15 is 0 Å². The molecule has 5 heteroatoms. The molecule has 0 fully saturated rings. The van der Waals surface area contributed by atoms with E-state index in [1.54, 1.807) is 7.05 Å². The summed E-state index contributed by atoms with van der Waals surface area (Å²) in [5.41, 5.74) is 5.38. The minimum Gasteiger partial charge on any atom is -0.368 e. The molecule has 0 radical (unpaired) electrons. The van der Waals surface area contributed by atoms with Crippen LogP contribution in [0.1, 0.15) is 19.8 Å². The summed E-state index contributed by atoms with van der Waals surface area (Å²) in [6, 6.07) is 0. The second-order valence-corrected chi connectivity index (χ2v) is 2.77. The zero-order valence-corrected chi connectivity index (χ0v) is 7.45. The number of nitrogen functional groups attached to an aromatic ring is 1. The van der Waals surface area contributed by atoms with E-state index in [1.165, 1.54) is 9.25 Å². The second kappa shape index (κ2) is 3.42. The third-order valence-corrected chi connectivity index (χ3v) is 1.77. The molecule has 5 nitrogen and oxygen atoms in total. The monoisotopic (exact) mass is 170 g/mol. The van der Waals surface area contributed by atoms with Crippen molar-refractivity contribution in [2.24, 2.45) is 7.05 Å². The van der Waals surface area contributed by atoms with Crippen LogP contribution in [0.5, 0.6) is 0 Å². The summed E-state index contributed by atoms with van der Waals surface area (Å²) in [4.78, 5) is 11.3. The predicted octanol–water partition coefficient (Wildman–Crippen LogP) is -0.0359. The number of rotatable bonds is 3. The van der Waals surface area contributed by atoms with Crippen molar-refractivity contribution in [2.45, 2.75) is 26.3 Å². The van der Waals surface area contributed by atoms with Crippen LogP contribution in [0, 0.1) is 0 Å². The molecule has 1 heterocycles. The van der Waals surface area contributed by atoms with Crippen LogP contribution < -0.4 is 11.4 Å². The Kier molecular flexibility index (Phi) is 2.52. The number of aryl methyl sites for hydroxylation is 1.